The van der Waals surface area contributed by atoms with E-state index in [-0.39, 0.29) is 130 Å². The van der Waals surface area contributed by atoms with E-state index in [1.54, 1.807) is 26.0 Å². The Kier molecular flexibility index (Phi) is 25.2. The number of aromatic hydroxyl groups is 1. The SMILES string of the molecule is CC(=O)CCC(=O)NCCCCCC(=O)NC(C(=O)NC(CCCNC(N)=O)C(=O)Nc1ccc(COC(=O)N2CC(F)C(CN(C(=O)C(C)O)C(c3nc(-c4cc(F)ccc4F)cn3Cc3cc(O)cc(F)c3)C3CCOCC3)C2)cc1)C(C)C. The molecule has 8 amide bonds. The van der Waals surface area contributed by atoms with E-state index in [9.17, 15) is 57.4 Å². The lowest BCUT2D eigenvalue weighted by Gasteiger charge is -2.40. The molecule has 0 bridgehead atoms. The number of aromatic nitrogens is 2. The number of phenolic OH excluding ortho intramolecular Hbond substituents is 1. The summed E-state index contributed by atoms with van der Waals surface area (Å²) >= 11 is 0. The number of likely N-dealkylation sites (tertiary alicyclic amines) is 1. The number of hydrogen-bond donors (Lipinski definition) is 8. The molecule has 6 rings (SSSR count). The van der Waals surface area contributed by atoms with E-state index in [0.29, 0.717) is 49.9 Å². The fraction of sp³-hybridized carbons (Fsp3) is 0.517. The lowest BCUT2D eigenvalue weighted by molar-refractivity contribution is -0.145. The number of nitrogens with zero attached hydrogens (tertiary/aromatic N) is 4. The summed E-state index contributed by atoms with van der Waals surface area (Å²) in [5.41, 5.74) is 5.99. The molecule has 86 heavy (non-hydrogen) atoms. The number of alkyl halides is 1. The zero-order valence-corrected chi connectivity index (χ0v) is 48.8. The van der Waals surface area contributed by atoms with Crippen molar-refractivity contribution in [2.24, 2.45) is 23.5 Å². The van der Waals surface area contributed by atoms with Crippen molar-refractivity contribution in [2.75, 3.05) is 51.3 Å². The van der Waals surface area contributed by atoms with Gasteiger partial charge in [0, 0.05) is 94.6 Å². The Hall–Kier alpha value is -8.13. The van der Waals surface area contributed by atoms with Crippen LogP contribution < -0.4 is 32.3 Å². The van der Waals surface area contributed by atoms with Crippen LogP contribution in [0.1, 0.15) is 115 Å². The number of nitrogens with two attached hydrogens (primary N) is 1. The number of amides is 8. The van der Waals surface area contributed by atoms with Crippen LogP contribution in [-0.4, -0.2) is 147 Å². The maximum absolute atomic E-state index is 16.3. The number of unbranched alkanes of at least 4 members (excludes halogenated alkanes) is 2. The number of ether oxygens (including phenoxy) is 2. The van der Waals surface area contributed by atoms with Crippen LogP contribution in [0.3, 0.4) is 0 Å². The van der Waals surface area contributed by atoms with Gasteiger partial charge < -0.3 is 71.2 Å². The highest BCUT2D eigenvalue weighted by Crippen LogP contribution is 2.39. The van der Waals surface area contributed by atoms with E-state index >= 15 is 8.78 Å². The second-order valence-electron chi connectivity index (χ2n) is 22.2. The molecule has 2 fully saturated rings. The highest BCUT2D eigenvalue weighted by atomic mass is 19.1. The Labute approximate surface area is 496 Å². The monoisotopic (exact) mass is 1210 g/mol. The van der Waals surface area contributed by atoms with E-state index in [2.05, 4.69) is 26.6 Å². The molecular formula is C60H78F4N10O12. The number of Topliss-reactive ketones (excluding diaryl/α,β-unsaturated/α-hetero) is 1. The molecule has 1 aromatic heterocycles. The number of benzene rings is 3. The van der Waals surface area contributed by atoms with Crippen LogP contribution in [0.4, 0.5) is 32.8 Å². The van der Waals surface area contributed by atoms with Gasteiger partial charge in [0.15, 0.2) is 0 Å². The molecule has 0 aliphatic carbocycles. The highest BCUT2D eigenvalue weighted by Gasteiger charge is 2.44. The van der Waals surface area contributed by atoms with Crippen LogP contribution in [0.2, 0.25) is 0 Å². The normalized spacial score (nSPS) is 16.6. The number of aliphatic hydroxyl groups excluding tert-OH is 1. The van der Waals surface area contributed by atoms with E-state index in [4.69, 9.17) is 20.2 Å². The van der Waals surface area contributed by atoms with Crippen LogP contribution >= 0.6 is 0 Å². The van der Waals surface area contributed by atoms with Crippen LogP contribution in [0.25, 0.3) is 11.3 Å². The molecule has 0 saturated carbocycles. The molecule has 6 atom stereocenters. The first kappa shape index (κ1) is 67.0. The number of primary amides is 1. The first-order valence-corrected chi connectivity index (χ1v) is 28.9. The van der Waals surface area contributed by atoms with Crippen molar-refractivity contribution in [2.45, 2.75) is 135 Å². The van der Waals surface area contributed by atoms with Crippen LogP contribution in [0.5, 0.6) is 5.75 Å². The minimum atomic E-state index is -1.69. The molecule has 0 radical (unpaired) electrons. The zero-order chi connectivity index (χ0) is 62.6. The molecule has 6 unspecified atom stereocenters. The number of nitrogens with one attached hydrogen (secondary N) is 5. The van der Waals surface area contributed by atoms with Gasteiger partial charge in [-0.1, -0.05) is 32.4 Å². The molecule has 0 spiro atoms. The molecule has 2 aliphatic rings. The van der Waals surface area contributed by atoms with Gasteiger partial charge >= 0.3 is 12.1 Å². The zero-order valence-electron chi connectivity index (χ0n) is 48.8. The molecule has 9 N–H and O–H groups in total. The van der Waals surface area contributed by atoms with Gasteiger partial charge in [-0.3, -0.25) is 24.0 Å². The van der Waals surface area contributed by atoms with Crippen LogP contribution in [0, 0.1) is 35.2 Å². The Morgan fingerprint density at radius 1 is 0.814 bits per heavy atom. The smallest absolute Gasteiger partial charge is 0.410 e. The summed E-state index contributed by atoms with van der Waals surface area (Å²) in [7, 11) is 0. The Bertz CT molecular complexity index is 2980. The lowest BCUT2D eigenvalue weighted by Crippen LogP contribution is -2.54. The van der Waals surface area contributed by atoms with Crippen molar-refractivity contribution in [1.82, 2.24) is 40.6 Å². The fourth-order valence-corrected chi connectivity index (χ4v) is 10.3. The first-order valence-electron chi connectivity index (χ1n) is 28.9. The number of carbonyl (C=O) groups is 8. The lowest BCUT2D eigenvalue weighted by atomic mass is 9.88. The molecule has 3 aromatic carbocycles. The van der Waals surface area contributed by atoms with Gasteiger partial charge in [-0.2, -0.15) is 0 Å². The van der Waals surface area contributed by atoms with Crippen molar-refractivity contribution >= 4 is 53.1 Å². The third-order valence-corrected chi connectivity index (χ3v) is 14.9. The summed E-state index contributed by atoms with van der Waals surface area (Å²) in [6, 6.07) is 8.44. The topological polar surface area (TPSA) is 306 Å². The van der Waals surface area contributed by atoms with Gasteiger partial charge in [-0.15, -0.1) is 0 Å². The minimum absolute atomic E-state index is 0.0413. The number of halogens is 4. The van der Waals surface area contributed by atoms with Gasteiger partial charge in [0.1, 0.15) is 65.8 Å². The second-order valence-corrected chi connectivity index (χ2v) is 22.2. The average molecular weight is 1210 g/mol. The summed E-state index contributed by atoms with van der Waals surface area (Å²) in [5, 5.41) is 34.6. The van der Waals surface area contributed by atoms with Crippen molar-refractivity contribution in [3.63, 3.8) is 0 Å². The minimum Gasteiger partial charge on any atom is -0.508 e. The third kappa shape index (κ3) is 20.3. The maximum Gasteiger partial charge on any atom is 0.410 e. The van der Waals surface area contributed by atoms with Crippen LogP contribution in [0.15, 0.2) is 66.9 Å². The summed E-state index contributed by atoms with van der Waals surface area (Å²) in [6.07, 6.45) is 0.351. The van der Waals surface area contributed by atoms with E-state index in [0.717, 1.165) is 29.2 Å². The van der Waals surface area contributed by atoms with E-state index in [1.807, 2.05) is 0 Å². The van der Waals surface area contributed by atoms with Crippen molar-refractivity contribution in [3.05, 3.63) is 101 Å². The number of carbonyl (C=O) groups excluding carboxylic acids is 8. The molecule has 26 heteroatoms. The molecule has 468 valence electrons. The third-order valence-electron chi connectivity index (χ3n) is 14.9. The van der Waals surface area contributed by atoms with Gasteiger partial charge in [0.2, 0.25) is 23.6 Å². The largest absolute Gasteiger partial charge is 0.508 e. The number of aliphatic hydroxyl groups is 1. The summed E-state index contributed by atoms with van der Waals surface area (Å²) in [4.78, 5) is 110. The number of urea groups is 1. The number of imidazole rings is 1. The van der Waals surface area contributed by atoms with Crippen molar-refractivity contribution in [1.29, 1.82) is 0 Å². The van der Waals surface area contributed by atoms with E-state index in [1.165, 1.54) is 53.8 Å². The molecule has 2 aliphatic heterocycles. The first-order chi connectivity index (χ1) is 40.9. The summed E-state index contributed by atoms with van der Waals surface area (Å²) < 4.78 is 73.8. The number of anilines is 1. The standard InChI is InChI=1S/C60H78F4N10O12/c1-35(2)53(71-52(79)10-6-5-7-21-66-51(78)18-11-36(3)75)57(81)70-49(9-8-22-67-59(65)83)56(80)68-44-15-12-38(13-16-44)34-86-60(84)73-30-41(48(64)32-73)31-74(58(82)37(4)76)54(40-19-23-85-24-20-40)55-69-50(46-28-42(61)14-17-47(46)63)33-72(55)29-39-25-43(62)27-45(77)26-39/h12-17,25-28,33,35,37,40-41,48-49,53-54,76-77H,5-11,18-24,29-32,34H2,1-4H3,(H,66,78)(H,68,80)(H,70,81)(H,71,79)(H3,65,67,83). The van der Waals surface area contributed by atoms with Gasteiger partial charge in [0.25, 0.3) is 5.91 Å². The number of phenols is 1. The Morgan fingerprint density at radius 3 is 2.21 bits per heavy atom. The quantitative estimate of drug-likeness (QED) is 0.0218. The predicted octanol–water partition coefficient (Wildman–Crippen LogP) is 6.06. The number of rotatable bonds is 30. The Balaban J connectivity index is 1.09. The highest BCUT2D eigenvalue weighted by molar-refractivity contribution is 5.98. The second kappa shape index (κ2) is 32.4. The molecular weight excluding hydrogens is 1130 g/mol. The number of ketones is 1. The summed E-state index contributed by atoms with van der Waals surface area (Å²) in [6.45, 7) is 5.72. The maximum atomic E-state index is 16.3. The number of hydrogen-bond acceptors (Lipinski definition) is 13. The van der Waals surface area contributed by atoms with Gasteiger partial charge in [-0.25, -0.2) is 32.1 Å². The summed E-state index contributed by atoms with van der Waals surface area (Å²) in [5.74, 6) is -7.16. The van der Waals surface area contributed by atoms with Crippen molar-refractivity contribution in [3.8, 4) is 17.0 Å². The van der Waals surface area contributed by atoms with Crippen molar-refractivity contribution < 1.29 is 75.6 Å². The van der Waals surface area contributed by atoms with E-state index < -0.39 is 96.1 Å². The molecule has 4 aromatic rings. The Morgan fingerprint density at radius 2 is 1.53 bits per heavy atom. The predicted molar refractivity (Wildman–Crippen MR) is 307 cm³/mol. The fourth-order valence-electron chi connectivity index (χ4n) is 10.3. The van der Waals surface area contributed by atoms with Crippen LogP contribution in [-0.2, 0) is 51.4 Å². The molecule has 3 heterocycles. The molecule has 22 nitrogen and oxygen atoms in total. The van der Waals surface area contributed by atoms with Gasteiger partial charge in [0.05, 0.1) is 18.3 Å². The average Bonchev–Trinajstić information content (AvgIpc) is 1.72. The van der Waals surface area contributed by atoms with Gasteiger partial charge in [-0.05, 0) is 118 Å². The molecule has 2 saturated heterocycles.